The molecule has 4 heterocycles. The Morgan fingerprint density at radius 3 is 2.87 bits per heavy atom. The van der Waals surface area contributed by atoms with Crippen LogP contribution in [-0.2, 0) is 6.54 Å². The van der Waals surface area contributed by atoms with Crippen LogP contribution >= 0.6 is 22.7 Å². The van der Waals surface area contributed by atoms with Crippen molar-refractivity contribution in [3.63, 3.8) is 0 Å². The van der Waals surface area contributed by atoms with E-state index in [1.165, 1.54) is 32.0 Å². The summed E-state index contributed by atoms with van der Waals surface area (Å²) in [4.78, 5) is 16.8. The fourth-order valence-electron chi connectivity index (χ4n) is 2.10. The SMILES string of the molecule is Cc1ccc(-c2nc(Cn3nnn(-c4cccs4)c3=O)cs2)o1. The molecule has 9 heteroatoms. The molecule has 23 heavy (non-hydrogen) atoms. The van der Waals surface area contributed by atoms with Gasteiger partial charge in [0.25, 0.3) is 0 Å². The Kier molecular flexibility index (Phi) is 3.43. The van der Waals surface area contributed by atoms with Crippen molar-refractivity contribution in [3.8, 4) is 15.8 Å². The van der Waals surface area contributed by atoms with Gasteiger partial charge in [-0.2, -0.15) is 9.36 Å². The summed E-state index contributed by atoms with van der Waals surface area (Å²) in [7, 11) is 0. The first kappa shape index (κ1) is 14.1. The van der Waals surface area contributed by atoms with Gasteiger partial charge in [-0.3, -0.25) is 0 Å². The highest BCUT2D eigenvalue weighted by atomic mass is 32.1. The number of hydrogen-bond acceptors (Lipinski definition) is 7. The predicted molar refractivity (Wildman–Crippen MR) is 87.2 cm³/mol. The standard InChI is InChI=1S/C14H11N5O2S2/c1-9-4-5-11(21-9)13-15-10(8-23-13)7-18-14(20)19(17-16-18)12-3-2-6-22-12/h2-6,8H,7H2,1H3. The van der Waals surface area contributed by atoms with Gasteiger partial charge in [0, 0.05) is 5.38 Å². The van der Waals surface area contributed by atoms with Gasteiger partial charge < -0.3 is 4.42 Å². The van der Waals surface area contributed by atoms with E-state index >= 15 is 0 Å². The average molecular weight is 345 g/mol. The average Bonchev–Trinajstić information content (AvgIpc) is 3.29. The summed E-state index contributed by atoms with van der Waals surface area (Å²) in [6, 6.07) is 7.47. The van der Waals surface area contributed by atoms with E-state index in [4.69, 9.17) is 4.42 Å². The monoisotopic (exact) mass is 345 g/mol. The van der Waals surface area contributed by atoms with Crippen molar-refractivity contribution >= 4 is 22.7 Å². The third-order valence-electron chi connectivity index (χ3n) is 3.17. The van der Waals surface area contributed by atoms with Crippen LogP contribution in [0.2, 0.25) is 0 Å². The van der Waals surface area contributed by atoms with Gasteiger partial charge in [0.15, 0.2) is 10.8 Å². The molecule has 0 aliphatic carbocycles. The summed E-state index contributed by atoms with van der Waals surface area (Å²) in [5.41, 5.74) is 0.468. The number of rotatable bonds is 4. The van der Waals surface area contributed by atoms with Gasteiger partial charge in [0.05, 0.1) is 12.2 Å². The summed E-state index contributed by atoms with van der Waals surface area (Å²) in [6.07, 6.45) is 0. The van der Waals surface area contributed by atoms with Gasteiger partial charge in [-0.05, 0) is 47.0 Å². The zero-order valence-corrected chi connectivity index (χ0v) is 13.7. The molecule has 116 valence electrons. The summed E-state index contributed by atoms with van der Waals surface area (Å²) < 4.78 is 8.14. The Labute approximate surface area is 138 Å². The van der Waals surface area contributed by atoms with E-state index in [-0.39, 0.29) is 12.2 Å². The number of aryl methyl sites for hydroxylation is 1. The molecule has 0 aliphatic heterocycles. The molecule has 4 aromatic heterocycles. The lowest BCUT2D eigenvalue weighted by molar-refractivity contribution is 0.547. The molecule has 0 aliphatic rings. The molecule has 0 N–H and O–H groups in total. The number of furan rings is 1. The van der Waals surface area contributed by atoms with E-state index in [1.54, 1.807) is 0 Å². The van der Waals surface area contributed by atoms with Crippen LogP contribution in [0.15, 0.2) is 44.2 Å². The Balaban J connectivity index is 1.60. The van der Waals surface area contributed by atoms with Crippen LogP contribution in [-0.4, -0.2) is 24.8 Å². The minimum Gasteiger partial charge on any atom is -0.459 e. The topological polar surface area (TPSA) is 78.7 Å². The molecule has 0 bridgehead atoms. The first-order valence-electron chi connectivity index (χ1n) is 6.78. The maximum absolute atomic E-state index is 12.3. The van der Waals surface area contributed by atoms with E-state index in [0.717, 1.165) is 27.2 Å². The molecule has 0 spiro atoms. The lowest BCUT2D eigenvalue weighted by Crippen LogP contribution is -2.24. The van der Waals surface area contributed by atoms with Gasteiger partial charge in [0.1, 0.15) is 10.8 Å². The van der Waals surface area contributed by atoms with Gasteiger partial charge in [-0.1, -0.05) is 0 Å². The van der Waals surface area contributed by atoms with Crippen molar-refractivity contribution in [1.82, 2.24) is 24.8 Å². The predicted octanol–water partition coefficient (Wildman–Crippen LogP) is 2.56. The fraction of sp³-hybridized carbons (Fsp3) is 0.143. The van der Waals surface area contributed by atoms with Crippen LogP contribution in [0.5, 0.6) is 0 Å². The highest BCUT2D eigenvalue weighted by Gasteiger charge is 2.13. The van der Waals surface area contributed by atoms with E-state index in [0.29, 0.717) is 0 Å². The van der Waals surface area contributed by atoms with Gasteiger partial charge >= 0.3 is 5.69 Å². The molecule has 7 nitrogen and oxygen atoms in total. The first-order chi connectivity index (χ1) is 11.2. The molecule has 4 rings (SSSR count). The molecular formula is C14H11N5O2S2. The molecular weight excluding hydrogens is 334 g/mol. The summed E-state index contributed by atoms with van der Waals surface area (Å²) in [6.45, 7) is 2.17. The quantitative estimate of drug-likeness (QED) is 0.568. The lowest BCUT2D eigenvalue weighted by Gasteiger charge is -1.94. The smallest absolute Gasteiger partial charge is 0.369 e. The highest BCUT2D eigenvalue weighted by molar-refractivity contribution is 7.13. The summed E-state index contributed by atoms with van der Waals surface area (Å²) in [5.74, 6) is 1.57. The normalized spacial score (nSPS) is 11.2. The van der Waals surface area contributed by atoms with Crippen molar-refractivity contribution in [1.29, 1.82) is 0 Å². The Hall–Kier alpha value is -2.52. The molecule has 0 amide bonds. The minimum atomic E-state index is -0.282. The largest absolute Gasteiger partial charge is 0.459 e. The van der Waals surface area contributed by atoms with Crippen molar-refractivity contribution in [2.24, 2.45) is 0 Å². The second-order valence-electron chi connectivity index (χ2n) is 4.84. The number of thiazole rings is 1. The van der Waals surface area contributed by atoms with Crippen molar-refractivity contribution in [2.45, 2.75) is 13.5 Å². The van der Waals surface area contributed by atoms with E-state index in [2.05, 4.69) is 15.4 Å². The van der Waals surface area contributed by atoms with Crippen LogP contribution in [0.1, 0.15) is 11.5 Å². The Bertz CT molecular complexity index is 993. The number of tetrazole rings is 1. The lowest BCUT2D eigenvalue weighted by atomic mass is 10.4. The third kappa shape index (κ3) is 2.64. The molecule has 0 aromatic carbocycles. The number of aromatic nitrogens is 5. The van der Waals surface area contributed by atoms with Crippen LogP contribution in [0.3, 0.4) is 0 Å². The van der Waals surface area contributed by atoms with Gasteiger partial charge in [0.2, 0.25) is 0 Å². The van der Waals surface area contributed by atoms with Crippen LogP contribution in [0, 0.1) is 6.92 Å². The second kappa shape index (κ2) is 5.60. The minimum absolute atomic E-state index is 0.278. The van der Waals surface area contributed by atoms with E-state index in [1.807, 2.05) is 41.9 Å². The van der Waals surface area contributed by atoms with Crippen molar-refractivity contribution in [2.75, 3.05) is 0 Å². The van der Waals surface area contributed by atoms with Crippen molar-refractivity contribution < 1.29 is 4.42 Å². The Morgan fingerprint density at radius 2 is 2.13 bits per heavy atom. The van der Waals surface area contributed by atoms with Crippen molar-refractivity contribution in [3.05, 3.63) is 57.0 Å². The first-order valence-corrected chi connectivity index (χ1v) is 8.54. The Morgan fingerprint density at radius 1 is 1.22 bits per heavy atom. The molecule has 0 fully saturated rings. The zero-order chi connectivity index (χ0) is 15.8. The number of thiophene rings is 1. The highest BCUT2D eigenvalue weighted by Crippen LogP contribution is 2.25. The third-order valence-corrected chi connectivity index (χ3v) is 4.92. The summed E-state index contributed by atoms with van der Waals surface area (Å²) in [5, 5.41) is 13.1. The summed E-state index contributed by atoms with van der Waals surface area (Å²) >= 11 is 2.91. The fourth-order valence-corrected chi connectivity index (χ4v) is 3.54. The molecule has 0 atom stereocenters. The van der Waals surface area contributed by atoms with E-state index < -0.39 is 0 Å². The number of nitrogens with zero attached hydrogens (tertiary/aromatic N) is 5. The van der Waals surface area contributed by atoms with Crippen LogP contribution in [0.25, 0.3) is 15.8 Å². The second-order valence-corrected chi connectivity index (χ2v) is 6.62. The van der Waals surface area contributed by atoms with E-state index in [9.17, 15) is 4.79 Å². The molecule has 0 saturated carbocycles. The molecule has 0 unspecified atom stereocenters. The van der Waals surface area contributed by atoms with Gasteiger partial charge in [-0.15, -0.1) is 22.7 Å². The van der Waals surface area contributed by atoms with Crippen LogP contribution in [0.4, 0.5) is 0 Å². The maximum Gasteiger partial charge on any atom is 0.369 e. The number of hydrogen-bond donors (Lipinski definition) is 0. The zero-order valence-electron chi connectivity index (χ0n) is 12.0. The maximum atomic E-state index is 12.3. The van der Waals surface area contributed by atoms with Gasteiger partial charge in [-0.25, -0.2) is 9.78 Å². The molecule has 0 saturated heterocycles. The molecule has 0 radical (unpaired) electrons. The van der Waals surface area contributed by atoms with Crippen LogP contribution < -0.4 is 5.69 Å². The molecule has 4 aromatic rings.